The van der Waals surface area contributed by atoms with Crippen LogP contribution in [-0.2, 0) is 9.13 Å². The van der Waals surface area contributed by atoms with E-state index in [1.165, 1.54) is 49.6 Å². The monoisotopic (exact) mass is 476 g/mol. The van der Waals surface area contributed by atoms with Gasteiger partial charge in [0.25, 0.3) is 0 Å². The van der Waals surface area contributed by atoms with E-state index in [1.54, 1.807) is 0 Å². The molecule has 3 rings (SSSR count). The minimum Gasteiger partial charge on any atom is -0.508 e. The average Bonchev–Trinajstić information content (AvgIpc) is 2.94. The van der Waals surface area contributed by atoms with Crippen molar-refractivity contribution in [2.45, 2.75) is 11.4 Å². The lowest BCUT2D eigenvalue weighted by molar-refractivity contribution is 0.330. The van der Waals surface area contributed by atoms with E-state index in [4.69, 9.17) is 4.74 Å². The molecule has 30 heavy (non-hydrogen) atoms. The summed E-state index contributed by atoms with van der Waals surface area (Å²) in [6.45, 7) is 0. The zero-order chi connectivity index (χ0) is 22.3. The Morgan fingerprint density at radius 2 is 1.73 bits per heavy atom. The van der Waals surface area contributed by atoms with Gasteiger partial charge in [0, 0.05) is 6.07 Å². The number of aromatic hydroxyl groups is 1. The fourth-order valence-corrected chi connectivity index (χ4v) is 6.64. The second kappa shape index (κ2) is 8.16. The summed E-state index contributed by atoms with van der Waals surface area (Å²) in [5, 5.41) is 7.26. The molecule has 0 amide bonds. The Balaban J connectivity index is 2.23. The first-order valence-electron chi connectivity index (χ1n) is 8.27. The van der Waals surface area contributed by atoms with E-state index in [1.807, 2.05) is 0 Å². The van der Waals surface area contributed by atoms with Crippen molar-refractivity contribution in [1.82, 2.24) is 4.68 Å². The first-order valence-corrected chi connectivity index (χ1v) is 12.5. The molecule has 1 aromatic heterocycles. The van der Waals surface area contributed by atoms with Crippen molar-refractivity contribution in [3.8, 4) is 11.5 Å². The third-order valence-electron chi connectivity index (χ3n) is 4.27. The van der Waals surface area contributed by atoms with Gasteiger partial charge in [-0.15, -0.1) is 0 Å². The zero-order valence-electron chi connectivity index (χ0n) is 15.3. The van der Waals surface area contributed by atoms with Gasteiger partial charge in [-0.2, -0.15) is 0 Å². The van der Waals surface area contributed by atoms with Crippen LogP contribution in [0.25, 0.3) is 10.2 Å². The van der Waals surface area contributed by atoms with E-state index in [0.717, 1.165) is 16.0 Å². The Kier molecular flexibility index (Phi) is 6.13. The van der Waals surface area contributed by atoms with Crippen molar-refractivity contribution >= 4 is 36.7 Å². The summed E-state index contributed by atoms with van der Waals surface area (Å²) in [4.78, 5) is 50.9. The largest absolute Gasteiger partial charge is 0.508 e. The van der Waals surface area contributed by atoms with Crippen LogP contribution in [0.2, 0.25) is 0 Å². The third kappa shape index (κ3) is 4.60. The standard InChI is InChI=1S/C16H18N2O9P2S/c1-27-11-4-2-3-9(7-11)14(15(28(21,22)23)29(24,25)26)17-18-12-8-10(19)5-6-13(12)30-16(18)20/h2-8,14-15,17,19H,1H3,(H2,21,22,23)(H2,24,25,26). The number of hydrogen-bond acceptors (Lipinski definition) is 7. The SMILES string of the molecule is COc1cccc(C(Nn2c(=O)sc3ccc(O)cc32)C(P(=O)(O)O)P(=O)(O)O)c1. The molecular weight excluding hydrogens is 458 g/mol. The second-order valence-electron chi connectivity index (χ2n) is 6.33. The predicted octanol–water partition coefficient (Wildman–Crippen LogP) is 1.74. The highest BCUT2D eigenvalue weighted by Gasteiger charge is 2.50. The normalized spacial score (nSPS) is 13.5. The average molecular weight is 476 g/mol. The highest BCUT2D eigenvalue weighted by Crippen LogP contribution is 2.64. The number of nitrogens with one attached hydrogen (secondary N) is 1. The van der Waals surface area contributed by atoms with E-state index in [2.05, 4.69) is 5.43 Å². The van der Waals surface area contributed by atoms with Crippen LogP contribution in [0.4, 0.5) is 0 Å². The highest BCUT2D eigenvalue weighted by atomic mass is 32.1. The maximum Gasteiger partial charge on any atom is 0.343 e. The van der Waals surface area contributed by atoms with Crippen LogP contribution in [-0.4, -0.2) is 41.9 Å². The van der Waals surface area contributed by atoms with Crippen LogP contribution < -0.4 is 15.0 Å². The summed E-state index contributed by atoms with van der Waals surface area (Å²) in [5.41, 5.74) is 2.78. The lowest BCUT2D eigenvalue weighted by atomic mass is 10.1. The molecule has 0 saturated carbocycles. The van der Waals surface area contributed by atoms with Gasteiger partial charge in [0.15, 0.2) is 5.40 Å². The fourth-order valence-electron chi connectivity index (χ4n) is 3.00. The third-order valence-corrected chi connectivity index (χ3v) is 8.97. The molecule has 6 N–H and O–H groups in total. The zero-order valence-corrected chi connectivity index (χ0v) is 17.9. The minimum absolute atomic E-state index is 0.0670. The van der Waals surface area contributed by atoms with Gasteiger partial charge in [-0.05, 0) is 29.8 Å². The number of thiazole rings is 1. The van der Waals surface area contributed by atoms with Gasteiger partial charge < -0.3 is 34.8 Å². The number of phenolic OH excluding ortho intramolecular Hbond substituents is 1. The molecule has 0 fully saturated rings. The number of aromatic nitrogens is 1. The minimum atomic E-state index is -5.37. The van der Waals surface area contributed by atoms with Crippen LogP contribution in [0.3, 0.4) is 0 Å². The van der Waals surface area contributed by atoms with Gasteiger partial charge in [0.1, 0.15) is 11.5 Å². The molecule has 162 valence electrons. The van der Waals surface area contributed by atoms with Crippen LogP contribution >= 0.6 is 26.5 Å². The smallest absolute Gasteiger partial charge is 0.343 e. The van der Waals surface area contributed by atoms with Crippen molar-refractivity contribution < 1.29 is 38.5 Å². The summed E-state index contributed by atoms with van der Waals surface area (Å²) in [7, 11) is -9.40. The number of fused-ring (bicyclic) bond motifs is 1. The van der Waals surface area contributed by atoms with Crippen molar-refractivity contribution in [1.29, 1.82) is 0 Å². The Morgan fingerprint density at radius 1 is 1.07 bits per heavy atom. The van der Waals surface area contributed by atoms with Crippen LogP contribution in [0.5, 0.6) is 11.5 Å². The Hall–Kier alpha value is -2.17. The highest BCUT2D eigenvalue weighted by molar-refractivity contribution is 7.71. The molecule has 1 unspecified atom stereocenters. The van der Waals surface area contributed by atoms with E-state index >= 15 is 0 Å². The Labute approximate surface area is 173 Å². The summed E-state index contributed by atoms with van der Waals surface area (Å²) in [6.07, 6.45) is 0. The number of benzene rings is 2. The van der Waals surface area contributed by atoms with Gasteiger partial charge in [0.05, 0.1) is 23.4 Å². The van der Waals surface area contributed by atoms with Gasteiger partial charge in [-0.25, -0.2) is 4.68 Å². The molecule has 2 aromatic carbocycles. The first kappa shape index (κ1) is 22.5. The fraction of sp³-hybridized carbons (Fsp3) is 0.188. The van der Waals surface area contributed by atoms with Crippen molar-refractivity contribution in [2.24, 2.45) is 0 Å². The molecule has 14 heteroatoms. The van der Waals surface area contributed by atoms with Gasteiger partial charge >= 0.3 is 20.1 Å². The number of rotatable bonds is 7. The van der Waals surface area contributed by atoms with E-state index in [-0.39, 0.29) is 22.6 Å². The second-order valence-corrected chi connectivity index (χ2v) is 11.2. The lowest BCUT2D eigenvalue weighted by Gasteiger charge is -2.30. The molecule has 0 aliphatic rings. The van der Waals surface area contributed by atoms with Crippen molar-refractivity contribution in [2.75, 3.05) is 12.5 Å². The molecule has 0 aliphatic heterocycles. The predicted molar refractivity (Wildman–Crippen MR) is 111 cm³/mol. The summed E-state index contributed by atoms with van der Waals surface area (Å²) < 4.78 is 30.6. The molecule has 0 saturated heterocycles. The number of ether oxygens (including phenoxy) is 1. The van der Waals surface area contributed by atoms with Crippen LogP contribution in [0.1, 0.15) is 11.6 Å². The molecule has 3 aromatic rings. The molecule has 0 spiro atoms. The number of nitrogens with zero attached hydrogens (tertiary/aromatic N) is 1. The van der Waals surface area contributed by atoms with Gasteiger partial charge in [-0.1, -0.05) is 23.5 Å². The summed E-state index contributed by atoms with van der Waals surface area (Å²) >= 11 is 0.780. The molecule has 0 bridgehead atoms. The first-order chi connectivity index (χ1) is 13.9. The van der Waals surface area contributed by atoms with Gasteiger partial charge in [-0.3, -0.25) is 13.9 Å². The quantitative estimate of drug-likeness (QED) is 0.275. The van der Waals surface area contributed by atoms with E-state index < -0.39 is 31.5 Å². The topological polar surface area (TPSA) is 179 Å². The maximum absolute atomic E-state index is 12.5. The summed E-state index contributed by atoms with van der Waals surface area (Å²) in [6, 6.07) is 8.12. The lowest BCUT2D eigenvalue weighted by Crippen LogP contribution is -2.35. The number of hydrogen-bond donors (Lipinski definition) is 6. The van der Waals surface area contributed by atoms with Crippen LogP contribution in [0, 0.1) is 0 Å². The van der Waals surface area contributed by atoms with Crippen molar-refractivity contribution in [3.05, 3.63) is 57.7 Å². The molecule has 1 heterocycles. The Bertz CT molecular complexity index is 1210. The molecule has 11 nitrogen and oxygen atoms in total. The van der Waals surface area contributed by atoms with Crippen LogP contribution in [0.15, 0.2) is 47.3 Å². The number of methoxy groups -OCH3 is 1. The Morgan fingerprint density at radius 3 is 2.33 bits per heavy atom. The molecule has 0 aliphatic carbocycles. The molecule has 1 atom stereocenters. The van der Waals surface area contributed by atoms with Crippen molar-refractivity contribution in [3.63, 3.8) is 0 Å². The van der Waals surface area contributed by atoms with E-state index in [0.29, 0.717) is 4.70 Å². The molecular formula is C16H18N2O9P2S. The summed E-state index contributed by atoms with van der Waals surface area (Å²) in [5.74, 6) is 0.102. The maximum atomic E-state index is 12.5. The number of phenols is 1. The van der Waals surface area contributed by atoms with E-state index in [9.17, 15) is 38.6 Å². The van der Waals surface area contributed by atoms with Gasteiger partial charge in [0.2, 0.25) is 0 Å². The molecule has 0 radical (unpaired) electrons.